The minimum absolute atomic E-state index is 0.296. The zero-order chi connectivity index (χ0) is 15.3. The highest BCUT2D eigenvalue weighted by Gasteiger charge is 2.13. The Bertz CT molecular complexity index is 696. The molecule has 21 heavy (non-hydrogen) atoms. The van der Waals surface area contributed by atoms with E-state index in [0.29, 0.717) is 24.4 Å². The molecular formula is C14H19N3O2S2. The van der Waals surface area contributed by atoms with Crippen molar-refractivity contribution in [2.24, 2.45) is 0 Å². The summed E-state index contributed by atoms with van der Waals surface area (Å²) in [6, 6.07) is 6.94. The Morgan fingerprint density at radius 1 is 1.33 bits per heavy atom. The zero-order valence-corrected chi connectivity index (χ0v) is 13.7. The molecule has 0 fully saturated rings. The number of hydrogen-bond acceptors (Lipinski definition) is 5. The highest BCUT2D eigenvalue weighted by Crippen LogP contribution is 2.12. The Balaban J connectivity index is 1.99. The van der Waals surface area contributed by atoms with Gasteiger partial charge in [-0.1, -0.05) is 12.1 Å². The van der Waals surface area contributed by atoms with E-state index in [2.05, 4.69) is 15.0 Å². The number of nitrogens with zero attached hydrogens (tertiary/aromatic N) is 1. The van der Waals surface area contributed by atoms with Gasteiger partial charge >= 0.3 is 0 Å². The molecule has 0 radical (unpaired) electrons. The quantitative estimate of drug-likeness (QED) is 0.813. The summed E-state index contributed by atoms with van der Waals surface area (Å²) in [4.78, 5) is 4.61. The second-order valence-electron chi connectivity index (χ2n) is 4.68. The van der Waals surface area contributed by atoms with Crippen molar-refractivity contribution in [3.8, 4) is 0 Å². The largest absolute Gasteiger partial charge is 0.316 e. The van der Waals surface area contributed by atoms with Crippen LogP contribution in [0, 0.1) is 6.92 Å². The third-order valence-corrected chi connectivity index (χ3v) is 5.21. The topological polar surface area (TPSA) is 71.1 Å². The number of sulfonamides is 1. The Labute approximate surface area is 129 Å². The van der Waals surface area contributed by atoms with Gasteiger partial charge in [0.15, 0.2) is 0 Å². The molecule has 0 saturated carbocycles. The van der Waals surface area contributed by atoms with Gasteiger partial charge in [-0.3, -0.25) is 0 Å². The average Bonchev–Trinajstić information content (AvgIpc) is 2.85. The summed E-state index contributed by atoms with van der Waals surface area (Å²) < 4.78 is 27.1. The molecular weight excluding hydrogens is 306 g/mol. The predicted octanol–water partition coefficient (Wildman–Crippen LogP) is 1.69. The molecule has 0 bridgehead atoms. The molecule has 1 aromatic carbocycles. The Morgan fingerprint density at radius 3 is 2.81 bits per heavy atom. The molecule has 0 aliphatic heterocycles. The van der Waals surface area contributed by atoms with E-state index in [1.165, 1.54) is 0 Å². The highest BCUT2D eigenvalue weighted by molar-refractivity contribution is 7.89. The summed E-state index contributed by atoms with van der Waals surface area (Å²) in [5.74, 6) is 0. The van der Waals surface area contributed by atoms with Crippen LogP contribution in [-0.4, -0.2) is 27.0 Å². The molecule has 7 heteroatoms. The maximum Gasteiger partial charge on any atom is 0.240 e. The van der Waals surface area contributed by atoms with E-state index in [1.807, 2.05) is 25.4 Å². The van der Waals surface area contributed by atoms with E-state index in [1.54, 1.807) is 29.5 Å². The molecule has 0 saturated heterocycles. The van der Waals surface area contributed by atoms with Crippen molar-refractivity contribution < 1.29 is 8.42 Å². The van der Waals surface area contributed by atoms with Crippen LogP contribution in [0.3, 0.4) is 0 Å². The fourth-order valence-corrected chi connectivity index (χ4v) is 3.70. The maximum atomic E-state index is 12.2. The van der Waals surface area contributed by atoms with Gasteiger partial charge < -0.3 is 5.32 Å². The summed E-state index contributed by atoms with van der Waals surface area (Å²) >= 11 is 1.57. The first-order chi connectivity index (χ1) is 10.0. The van der Waals surface area contributed by atoms with Crippen LogP contribution in [0.2, 0.25) is 0 Å². The lowest BCUT2D eigenvalue weighted by atomic mass is 10.2. The number of thiazole rings is 1. The molecule has 1 heterocycles. The third-order valence-electron chi connectivity index (χ3n) is 2.93. The van der Waals surface area contributed by atoms with Crippen LogP contribution >= 0.6 is 11.3 Å². The smallest absolute Gasteiger partial charge is 0.240 e. The van der Waals surface area contributed by atoms with Crippen molar-refractivity contribution in [3.63, 3.8) is 0 Å². The normalized spacial score (nSPS) is 11.7. The van der Waals surface area contributed by atoms with Crippen LogP contribution in [-0.2, 0) is 23.0 Å². The number of aryl methyl sites for hydroxylation is 1. The van der Waals surface area contributed by atoms with Crippen LogP contribution in [0.25, 0.3) is 0 Å². The second-order valence-corrected chi connectivity index (χ2v) is 7.51. The van der Waals surface area contributed by atoms with Crippen LogP contribution in [0.15, 0.2) is 34.5 Å². The zero-order valence-electron chi connectivity index (χ0n) is 12.1. The van der Waals surface area contributed by atoms with E-state index in [9.17, 15) is 8.42 Å². The molecule has 0 unspecified atom stereocenters. The lowest BCUT2D eigenvalue weighted by molar-refractivity contribution is 0.581. The van der Waals surface area contributed by atoms with Crippen molar-refractivity contribution in [1.29, 1.82) is 0 Å². The maximum absolute atomic E-state index is 12.2. The fourth-order valence-electron chi connectivity index (χ4n) is 1.95. The van der Waals surface area contributed by atoms with Crippen molar-refractivity contribution in [1.82, 2.24) is 15.0 Å². The monoisotopic (exact) mass is 325 g/mol. The van der Waals surface area contributed by atoms with Crippen LogP contribution in [0.5, 0.6) is 0 Å². The van der Waals surface area contributed by atoms with Crippen molar-refractivity contribution >= 4 is 21.4 Å². The summed E-state index contributed by atoms with van der Waals surface area (Å²) in [5.41, 5.74) is 1.86. The van der Waals surface area contributed by atoms with Crippen LogP contribution in [0.1, 0.15) is 16.3 Å². The summed E-state index contributed by atoms with van der Waals surface area (Å²) in [6.45, 7) is 2.93. The van der Waals surface area contributed by atoms with Crippen molar-refractivity contribution in [2.45, 2.75) is 24.8 Å². The van der Waals surface area contributed by atoms with Gasteiger partial charge in [-0.05, 0) is 31.7 Å². The lowest BCUT2D eigenvalue weighted by Gasteiger charge is -2.08. The Hall–Kier alpha value is -1.28. The molecule has 114 valence electrons. The molecule has 0 atom stereocenters. The van der Waals surface area contributed by atoms with Crippen LogP contribution < -0.4 is 10.0 Å². The number of rotatable bonds is 7. The standard InChI is InChI=1S/C14H19N3O2S2/c1-11-17-13(10-20-11)6-7-16-21(18,19)14-5-3-4-12(8-14)9-15-2/h3-5,8,10,15-16H,6-7,9H2,1-2H3. The molecule has 0 spiro atoms. The Morgan fingerprint density at radius 2 is 2.14 bits per heavy atom. The van der Waals surface area contributed by atoms with Gasteiger partial charge in [0, 0.05) is 24.9 Å². The predicted molar refractivity (Wildman–Crippen MR) is 84.9 cm³/mol. The molecule has 0 aliphatic carbocycles. The van der Waals surface area contributed by atoms with Gasteiger partial charge in [0.1, 0.15) is 0 Å². The minimum atomic E-state index is -3.47. The van der Waals surface area contributed by atoms with E-state index in [0.717, 1.165) is 16.3 Å². The lowest BCUT2D eigenvalue weighted by Crippen LogP contribution is -2.26. The van der Waals surface area contributed by atoms with Gasteiger partial charge in [0.25, 0.3) is 0 Å². The second kappa shape index (κ2) is 7.13. The highest BCUT2D eigenvalue weighted by atomic mass is 32.2. The average molecular weight is 325 g/mol. The van der Waals surface area contributed by atoms with Gasteiger partial charge in [-0.2, -0.15) is 0 Å². The first-order valence-corrected chi connectivity index (χ1v) is 9.02. The molecule has 2 aromatic rings. The van der Waals surface area contributed by atoms with Gasteiger partial charge in [0.05, 0.1) is 15.6 Å². The van der Waals surface area contributed by atoms with Crippen LogP contribution in [0.4, 0.5) is 0 Å². The molecule has 5 nitrogen and oxygen atoms in total. The molecule has 0 aliphatic rings. The van der Waals surface area contributed by atoms with Crippen molar-refractivity contribution in [3.05, 3.63) is 45.9 Å². The van der Waals surface area contributed by atoms with E-state index in [4.69, 9.17) is 0 Å². The van der Waals surface area contributed by atoms with Gasteiger partial charge in [-0.15, -0.1) is 11.3 Å². The first-order valence-electron chi connectivity index (χ1n) is 6.65. The molecule has 0 amide bonds. The fraction of sp³-hybridized carbons (Fsp3) is 0.357. The van der Waals surface area contributed by atoms with E-state index in [-0.39, 0.29) is 0 Å². The van der Waals surface area contributed by atoms with Gasteiger partial charge in [0.2, 0.25) is 10.0 Å². The summed E-state index contributed by atoms with van der Waals surface area (Å²) in [5, 5.41) is 5.96. The van der Waals surface area contributed by atoms with Crippen molar-refractivity contribution in [2.75, 3.05) is 13.6 Å². The SMILES string of the molecule is CNCc1cccc(S(=O)(=O)NCCc2csc(C)n2)c1. The minimum Gasteiger partial charge on any atom is -0.316 e. The number of aromatic nitrogens is 1. The summed E-state index contributed by atoms with van der Waals surface area (Å²) in [7, 11) is -1.64. The molecule has 2 N–H and O–H groups in total. The van der Waals surface area contributed by atoms with E-state index < -0.39 is 10.0 Å². The summed E-state index contributed by atoms with van der Waals surface area (Å²) in [6.07, 6.45) is 0.597. The number of nitrogens with one attached hydrogen (secondary N) is 2. The number of benzene rings is 1. The van der Waals surface area contributed by atoms with E-state index >= 15 is 0 Å². The Kier molecular flexibility index (Phi) is 5.46. The molecule has 2 rings (SSSR count). The first kappa shape index (κ1) is 16.1. The molecule has 1 aromatic heterocycles. The number of hydrogen-bond donors (Lipinski definition) is 2. The van der Waals surface area contributed by atoms with Gasteiger partial charge in [-0.25, -0.2) is 18.1 Å². The third kappa shape index (κ3) is 4.60.